The van der Waals surface area contributed by atoms with Gasteiger partial charge in [-0.15, -0.1) is 0 Å². The first kappa shape index (κ1) is 21.6. The van der Waals surface area contributed by atoms with Gasteiger partial charge in [-0.3, -0.25) is 15.6 Å². The summed E-state index contributed by atoms with van der Waals surface area (Å²) in [4.78, 5) is 21.4. The van der Waals surface area contributed by atoms with E-state index in [1.165, 1.54) is 6.33 Å². The number of hydrogen-bond acceptors (Lipinski definition) is 7. The lowest BCUT2D eigenvalue weighted by atomic mass is 9.91. The number of carbonyl (C=O) groups excluding carboxylic acids is 1. The van der Waals surface area contributed by atoms with Gasteiger partial charge in [0.15, 0.2) is 17.3 Å². The van der Waals surface area contributed by atoms with Gasteiger partial charge in [0.05, 0.1) is 13.0 Å². The number of aromatic nitrogens is 2. The maximum atomic E-state index is 13.2. The Kier molecular flexibility index (Phi) is 6.65. The van der Waals surface area contributed by atoms with E-state index in [9.17, 15) is 4.79 Å². The van der Waals surface area contributed by atoms with Crippen LogP contribution >= 0.6 is 0 Å². The Labute approximate surface area is 191 Å². The number of nitrogens with zero attached hydrogens (tertiary/aromatic N) is 2. The number of hydrogen-bond donors (Lipinski definition) is 3. The van der Waals surface area contributed by atoms with Gasteiger partial charge < -0.3 is 15.2 Å². The van der Waals surface area contributed by atoms with Crippen LogP contribution in [-0.2, 0) is 4.79 Å². The van der Waals surface area contributed by atoms with Crippen molar-refractivity contribution in [3.8, 4) is 17.4 Å². The molecule has 33 heavy (non-hydrogen) atoms. The third-order valence-electron chi connectivity index (χ3n) is 4.96. The van der Waals surface area contributed by atoms with Gasteiger partial charge in [0.1, 0.15) is 12.0 Å². The monoisotopic (exact) mass is 441 g/mol. The van der Waals surface area contributed by atoms with Crippen LogP contribution in [0.15, 0.2) is 91.3 Å². The van der Waals surface area contributed by atoms with E-state index in [2.05, 4.69) is 20.8 Å². The molecule has 0 bridgehead atoms. The molecular formula is C25H23N5O3. The second-order valence-corrected chi connectivity index (χ2v) is 7.06. The van der Waals surface area contributed by atoms with E-state index in [1.54, 1.807) is 19.2 Å². The van der Waals surface area contributed by atoms with Gasteiger partial charge >= 0.3 is 0 Å². The zero-order valence-electron chi connectivity index (χ0n) is 17.9. The summed E-state index contributed by atoms with van der Waals surface area (Å²) in [6.07, 6.45) is 1.29. The van der Waals surface area contributed by atoms with Crippen LogP contribution in [0.2, 0.25) is 0 Å². The van der Waals surface area contributed by atoms with Crippen molar-refractivity contribution in [3.63, 3.8) is 0 Å². The average molecular weight is 441 g/mol. The second kappa shape index (κ2) is 10.1. The second-order valence-electron chi connectivity index (χ2n) is 7.06. The van der Waals surface area contributed by atoms with Crippen molar-refractivity contribution in [1.29, 1.82) is 0 Å². The van der Waals surface area contributed by atoms with E-state index in [4.69, 9.17) is 15.2 Å². The first-order valence-corrected chi connectivity index (χ1v) is 10.2. The van der Waals surface area contributed by atoms with Gasteiger partial charge in [-0.05, 0) is 23.3 Å². The Morgan fingerprint density at radius 2 is 1.42 bits per heavy atom. The number of hydrazine groups is 1. The zero-order chi connectivity index (χ0) is 23.0. The molecule has 0 atom stereocenters. The van der Waals surface area contributed by atoms with Crippen molar-refractivity contribution < 1.29 is 14.3 Å². The highest BCUT2D eigenvalue weighted by molar-refractivity contribution is 5.88. The van der Waals surface area contributed by atoms with E-state index in [1.807, 2.05) is 72.8 Å². The van der Waals surface area contributed by atoms with Crippen LogP contribution in [0, 0.1) is 0 Å². The molecule has 0 aliphatic heterocycles. The maximum Gasteiger partial charge on any atom is 0.250 e. The minimum absolute atomic E-state index is 0.133. The Hall–Kier alpha value is -4.59. The van der Waals surface area contributed by atoms with E-state index in [-0.39, 0.29) is 23.3 Å². The van der Waals surface area contributed by atoms with Crippen molar-refractivity contribution >= 4 is 17.4 Å². The number of nitrogens with two attached hydrogens (primary N) is 1. The fraction of sp³-hybridized carbons (Fsp3) is 0.0800. The molecule has 0 unspecified atom stereocenters. The zero-order valence-corrected chi connectivity index (χ0v) is 17.9. The molecule has 0 spiro atoms. The summed E-state index contributed by atoms with van der Waals surface area (Å²) in [6.45, 7) is 0. The van der Waals surface area contributed by atoms with Gasteiger partial charge in [0.2, 0.25) is 11.8 Å². The van der Waals surface area contributed by atoms with E-state index < -0.39 is 5.92 Å². The number of carbonyl (C=O) groups is 1. The SMILES string of the molecule is COc1ccccc1Oc1ncnc(NNC(=O)C(c2ccccc2)c2ccccc2)c1N. The van der Waals surface area contributed by atoms with Crippen LogP contribution in [-0.4, -0.2) is 23.0 Å². The number of ether oxygens (including phenoxy) is 2. The van der Waals surface area contributed by atoms with Crippen molar-refractivity contribution in [1.82, 2.24) is 15.4 Å². The number of nitrogens with one attached hydrogen (secondary N) is 2. The summed E-state index contributed by atoms with van der Waals surface area (Å²) in [6, 6.07) is 26.2. The summed E-state index contributed by atoms with van der Waals surface area (Å²) in [5.41, 5.74) is 13.6. The Morgan fingerprint density at radius 3 is 2.03 bits per heavy atom. The average Bonchev–Trinajstić information content (AvgIpc) is 2.86. The molecule has 1 amide bonds. The smallest absolute Gasteiger partial charge is 0.250 e. The fourth-order valence-corrected chi connectivity index (χ4v) is 3.35. The molecule has 0 aliphatic rings. The van der Waals surface area contributed by atoms with Crippen molar-refractivity contribution in [2.45, 2.75) is 5.92 Å². The van der Waals surface area contributed by atoms with E-state index in [0.29, 0.717) is 11.5 Å². The number of anilines is 2. The number of benzene rings is 3. The minimum Gasteiger partial charge on any atom is -0.493 e. The highest BCUT2D eigenvalue weighted by Crippen LogP contribution is 2.34. The molecule has 1 heterocycles. The molecule has 3 aromatic carbocycles. The number of amides is 1. The van der Waals surface area contributed by atoms with Crippen LogP contribution in [0.3, 0.4) is 0 Å². The van der Waals surface area contributed by atoms with Crippen LogP contribution in [0.1, 0.15) is 17.0 Å². The standard InChI is InChI=1S/C25H23N5O3/c1-32-19-14-8-9-15-20(19)33-25-22(26)23(27-16-28-25)29-30-24(31)21(17-10-4-2-5-11-17)18-12-6-3-7-13-18/h2-16,21H,26H2,1H3,(H,30,31)(H,27,28,29). The highest BCUT2D eigenvalue weighted by atomic mass is 16.5. The molecule has 0 saturated heterocycles. The summed E-state index contributed by atoms with van der Waals surface area (Å²) in [7, 11) is 1.55. The lowest BCUT2D eigenvalue weighted by Crippen LogP contribution is -2.35. The fourth-order valence-electron chi connectivity index (χ4n) is 3.35. The quantitative estimate of drug-likeness (QED) is 0.353. The molecule has 4 N–H and O–H groups in total. The minimum atomic E-state index is -0.521. The molecule has 8 heteroatoms. The lowest BCUT2D eigenvalue weighted by Gasteiger charge is -2.19. The third-order valence-corrected chi connectivity index (χ3v) is 4.96. The summed E-state index contributed by atoms with van der Waals surface area (Å²) < 4.78 is 11.1. The summed E-state index contributed by atoms with van der Waals surface area (Å²) in [5, 5.41) is 0. The first-order chi connectivity index (χ1) is 16.2. The van der Waals surface area contributed by atoms with Crippen molar-refractivity contribution in [2.24, 2.45) is 0 Å². The Balaban J connectivity index is 1.53. The Morgan fingerprint density at radius 1 is 0.848 bits per heavy atom. The van der Waals surface area contributed by atoms with Gasteiger partial charge in [0, 0.05) is 0 Å². The van der Waals surface area contributed by atoms with Gasteiger partial charge in [0.25, 0.3) is 0 Å². The normalized spacial score (nSPS) is 10.5. The molecule has 0 fully saturated rings. The van der Waals surface area contributed by atoms with Crippen LogP contribution in [0.4, 0.5) is 11.5 Å². The molecule has 166 valence electrons. The predicted octanol–water partition coefficient (Wildman–Crippen LogP) is 4.13. The molecule has 1 aromatic heterocycles. The van der Waals surface area contributed by atoms with Crippen LogP contribution < -0.4 is 26.1 Å². The van der Waals surface area contributed by atoms with Gasteiger partial charge in [-0.25, -0.2) is 4.98 Å². The molecule has 4 rings (SSSR count). The highest BCUT2D eigenvalue weighted by Gasteiger charge is 2.23. The molecule has 0 saturated carbocycles. The molecule has 0 radical (unpaired) electrons. The third kappa shape index (κ3) is 5.01. The molecule has 4 aromatic rings. The largest absolute Gasteiger partial charge is 0.493 e. The van der Waals surface area contributed by atoms with E-state index in [0.717, 1.165) is 11.1 Å². The van der Waals surface area contributed by atoms with Gasteiger partial charge in [-0.2, -0.15) is 4.98 Å². The summed E-state index contributed by atoms with van der Waals surface area (Å²) in [5.74, 6) is 0.544. The molecular weight excluding hydrogens is 418 g/mol. The lowest BCUT2D eigenvalue weighted by molar-refractivity contribution is -0.121. The maximum absolute atomic E-state index is 13.2. The number of rotatable bonds is 8. The molecule has 0 aliphatic carbocycles. The van der Waals surface area contributed by atoms with E-state index >= 15 is 0 Å². The van der Waals surface area contributed by atoms with Crippen LogP contribution in [0.5, 0.6) is 17.4 Å². The van der Waals surface area contributed by atoms with Crippen molar-refractivity contribution in [3.05, 3.63) is 102 Å². The summed E-state index contributed by atoms with van der Waals surface area (Å²) >= 11 is 0. The Bertz CT molecular complexity index is 1180. The number of nitrogen functional groups attached to an aromatic ring is 1. The van der Waals surface area contributed by atoms with Gasteiger partial charge in [-0.1, -0.05) is 72.8 Å². The topological polar surface area (TPSA) is 111 Å². The number of methoxy groups -OCH3 is 1. The first-order valence-electron chi connectivity index (χ1n) is 10.2. The molecule has 8 nitrogen and oxygen atoms in total. The predicted molar refractivity (Wildman–Crippen MR) is 126 cm³/mol. The van der Waals surface area contributed by atoms with Crippen molar-refractivity contribution in [2.75, 3.05) is 18.3 Å². The number of para-hydroxylation sites is 2. The van der Waals surface area contributed by atoms with Crippen LogP contribution in [0.25, 0.3) is 0 Å².